The number of amides is 2. The van der Waals surface area contributed by atoms with Gasteiger partial charge in [-0.2, -0.15) is 5.10 Å². The van der Waals surface area contributed by atoms with Gasteiger partial charge in [-0.1, -0.05) is 6.07 Å². The van der Waals surface area contributed by atoms with Crippen molar-refractivity contribution < 1.29 is 19.1 Å². The average Bonchev–Trinajstić information content (AvgIpc) is 3.07. The van der Waals surface area contributed by atoms with Gasteiger partial charge < -0.3 is 9.47 Å². The van der Waals surface area contributed by atoms with Gasteiger partial charge in [0, 0.05) is 17.1 Å². The second-order valence-corrected chi connectivity index (χ2v) is 4.97. The molecule has 0 atom stereocenters. The van der Waals surface area contributed by atoms with Crippen molar-refractivity contribution in [1.82, 2.24) is 10.4 Å². The highest BCUT2D eigenvalue weighted by Crippen LogP contribution is 2.29. The Balaban J connectivity index is 1.98. The van der Waals surface area contributed by atoms with Gasteiger partial charge >= 0.3 is 11.8 Å². The van der Waals surface area contributed by atoms with Crippen LogP contribution in [0.25, 0.3) is 0 Å². The van der Waals surface area contributed by atoms with Gasteiger partial charge in [0.15, 0.2) is 16.6 Å². The average molecular weight is 334 g/mol. The number of ether oxygens (including phenoxy) is 2. The Morgan fingerprint density at radius 2 is 2.09 bits per heavy atom. The van der Waals surface area contributed by atoms with Gasteiger partial charge in [-0.15, -0.1) is 11.3 Å². The fraction of sp³-hybridized carbons (Fsp3) is 0.143. The Hall–Kier alpha value is -2.94. The van der Waals surface area contributed by atoms with E-state index >= 15 is 0 Å². The van der Waals surface area contributed by atoms with Gasteiger partial charge in [-0.3, -0.25) is 14.9 Å². The molecule has 0 fully saturated rings. The fourth-order valence-electron chi connectivity index (χ4n) is 1.66. The summed E-state index contributed by atoms with van der Waals surface area (Å²) >= 11 is 1.21. The highest BCUT2D eigenvalue weighted by atomic mass is 32.1. The second kappa shape index (κ2) is 7.90. The molecular formula is C14H14N4O4S. The highest BCUT2D eigenvalue weighted by molar-refractivity contribution is 7.13. The van der Waals surface area contributed by atoms with Crippen molar-refractivity contribution in [2.24, 2.45) is 5.10 Å². The van der Waals surface area contributed by atoms with Crippen LogP contribution in [0.3, 0.4) is 0 Å². The van der Waals surface area contributed by atoms with Gasteiger partial charge in [-0.25, -0.2) is 10.4 Å². The maximum atomic E-state index is 11.6. The number of aromatic nitrogens is 1. The van der Waals surface area contributed by atoms with Gasteiger partial charge in [0.1, 0.15) is 0 Å². The molecule has 0 bridgehead atoms. The lowest BCUT2D eigenvalue weighted by atomic mass is 10.2. The number of carbonyl (C=O) groups excluding carboxylic acids is 2. The molecule has 2 aromatic rings. The summed E-state index contributed by atoms with van der Waals surface area (Å²) < 4.78 is 10.4. The summed E-state index contributed by atoms with van der Waals surface area (Å²) in [6, 6.07) is 5.21. The summed E-state index contributed by atoms with van der Waals surface area (Å²) in [7, 11) is 3.01. The van der Waals surface area contributed by atoms with E-state index in [1.807, 2.05) is 0 Å². The molecule has 2 amide bonds. The summed E-state index contributed by atoms with van der Waals surface area (Å²) in [5.74, 6) is -0.752. The summed E-state index contributed by atoms with van der Waals surface area (Å²) in [6.45, 7) is 0. The molecule has 1 aromatic heterocycles. The van der Waals surface area contributed by atoms with Crippen LogP contribution in [-0.4, -0.2) is 37.2 Å². The van der Waals surface area contributed by atoms with Crippen molar-refractivity contribution in [3.63, 3.8) is 0 Å². The topological polar surface area (TPSA) is 102 Å². The number of nitrogens with one attached hydrogen (secondary N) is 2. The number of thiazole rings is 1. The number of para-hydroxylation sites is 1. The minimum Gasteiger partial charge on any atom is -0.493 e. The molecule has 1 heterocycles. The molecule has 120 valence electrons. The molecule has 8 nitrogen and oxygen atoms in total. The molecule has 2 rings (SSSR count). The predicted molar refractivity (Wildman–Crippen MR) is 86.0 cm³/mol. The van der Waals surface area contributed by atoms with Crippen molar-refractivity contribution in [3.05, 3.63) is 35.3 Å². The molecule has 0 spiro atoms. The highest BCUT2D eigenvalue weighted by Gasteiger charge is 2.14. The molecular weight excluding hydrogens is 320 g/mol. The first kappa shape index (κ1) is 16.4. The molecule has 9 heteroatoms. The van der Waals surface area contributed by atoms with E-state index in [0.29, 0.717) is 22.2 Å². The maximum Gasteiger partial charge on any atom is 0.329 e. The van der Waals surface area contributed by atoms with E-state index in [1.54, 1.807) is 23.6 Å². The summed E-state index contributed by atoms with van der Waals surface area (Å²) in [5, 5.41) is 8.10. The van der Waals surface area contributed by atoms with Gasteiger partial charge in [0.2, 0.25) is 0 Å². The van der Waals surface area contributed by atoms with Crippen LogP contribution in [0.5, 0.6) is 11.5 Å². The first-order valence-corrected chi connectivity index (χ1v) is 7.28. The molecule has 2 N–H and O–H groups in total. The number of benzene rings is 1. The Labute approximate surface area is 136 Å². The van der Waals surface area contributed by atoms with Crippen molar-refractivity contribution in [3.8, 4) is 11.5 Å². The third kappa shape index (κ3) is 4.27. The summed E-state index contributed by atoms with van der Waals surface area (Å²) in [6.07, 6.45) is 2.88. The van der Waals surface area contributed by atoms with E-state index in [-0.39, 0.29) is 0 Å². The number of hydrogen-bond acceptors (Lipinski definition) is 7. The van der Waals surface area contributed by atoms with E-state index in [4.69, 9.17) is 9.47 Å². The smallest absolute Gasteiger partial charge is 0.329 e. The quantitative estimate of drug-likeness (QED) is 0.487. The Morgan fingerprint density at radius 3 is 2.74 bits per heavy atom. The fourth-order valence-corrected chi connectivity index (χ4v) is 2.19. The second-order valence-electron chi connectivity index (χ2n) is 4.07. The Kier molecular flexibility index (Phi) is 5.64. The normalized spacial score (nSPS) is 10.3. The first-order chi connectivity index (χ1) is 11.2. The van der Waals surface area contributed by atoms with Gasteiger partial charge in [0.25, 0.3) is 0 Å². The monoisotopic (exact) mass is 334 g/mol. The molecule has 0 unspecified atom stereocenters. The number of hydrogen-bond donors (Lipinski definition) is 2. The molecule has 0 radical (unpaired) electrons. The largest absolute Gasteiger partial charge is 0.493 e. The van der Waals surface area contributed by atoms with Crippen molar-refractivity contribution in [1.29, 1.82) is 0 Å². The van der Waals surface area contributed by atoms with Crippen LogP contribution in [0.15, 0.2) is 34.9 Å². The zero-order valence-corrected chi connectivity index (χ0v) is 13.2. The minimum absolute atomic E-state index is 0.337. The van der Waals surface area contributed by atoms with E-state index in [0.717, 1.165) is 0 Å². The third-order valence-electron chi connectivity index (χ3n) is 2.66. The van der Waals surface area contributed by atoms with Crippen molar-refractivity contribution in [2.75, 3.05) is 19.5 Å². The molecule has 0 saturated heterocycles. The van der Waals surface area contributed by atoms with Crippen LogP contribution in [-0.2, 0) is 9.59 Å². The molecule has 1 aromatic carbocycles. The van der Waals surface area contributed by atoms with E-state index < -0.39 is 11.8 Å². The van der Waals surface area contributed by atoms with Gasteiger partial charge in [0.05, 0.1) is 20.4 Å². The Morgan fingerprint density at radius 1 is 1.26 bits per heavy atom. The van der Waals surface area contributed by atoms with Crippen LogP contribution in [0, 0.1) is 0 Å². The number of hydrazone groups is 1. The summed E-state index contributed by atoms with van der Waals surface area (Å²) in [5.41, 5.74) is 2.72. The van der Waals surface area contributed by atoms with Crippen LogP contribution < -0.4 is 20.2 Å². The van der Waals surface area contributed by atoms with Gasteiger partial charge in [-0.05, 0) is 12.1 Å². The first-order valence-electron chi connectivity index (χ1n) is 6.40. The van der Waals surface area contributed by atoms with E-state index in [2.05, 4.69) is 20.8 Å². The SMILES string of the molecule is COc1cccc(C=NNC(=O)C(=O)Nc2nccs2)c1OC. The number of carbonyl (C=O) groups is 2. The number of rotatable bonds is 5. The molecule has 0 aliphatic rings. The predicted octanol–water partition coefficient (Wildman–Crippen LogP) is 1.25. The van der Waals surface area contributed by atoms with Crippen LogP contribution >= 0.6 is 11.3 Å². The zero-order valence-electron chi connectivity index (χ0n) is 12.4. The van der Waals surface area contributed by atoms with Crippen LogP contribution in [0.2, 0.25) is 0 Å². The zero-order chi connectivity index (χ0) is 16.7. The number of anilines is 1. The molecule has 23 heavy (non-hydrogen) atoms. The lowest BCUT2D eigenvalue weighted by Gasteiger charge is -2.09. The third-order valence-corrected chi connectivity index (χ3v) is 3.35. The van der Waals surface area contributed by atoms with Crippen molar-refractivity contribution in [2.45, 2.75) is 0 Å². The van der Waals surface area contributed by atoms with Crippen LogP contribution in [0.4, 0.5) is 5.13 Å². The summed E-state index contributed by atoms with van der Waals surface area (Å²) in [4.78, 5) is 27.1. The molecule has 0 saturated carbocycles. The lowest BCUT2D eigenvalue weighted by Crippen LogP contribution is -2.32. The van der Waals surface area contributed by atoms with Crippen LogP contribution in [0.1, 0.15) is 5.56 Å². The molecule has 0 aliphatic carbocycles. The standard InChI is InChI=1S/C14H14N4O4S/c1-21-10-5-3-4-9(11(10)22-2)8-16-18-13(20)12(19)17-14-15-6-7-23-14/h3-8H,1-2H3,(H,18,20)(H,15,17,19). The molecule has 0 aliphatic heterocycles. The van der Waals surface area contributed by atoms with Crippen molar-refractivity contribution >= 4 is 34.5 Å². The number of methoxy groups -OCH3 is 2. The van der Waals surface area contributed by atoms with E-state index in [9.17, 15) is 9.59 Å². The lowest BCUT2D eigenvalue weighted by molar-refractivity contribution is -0.136. The van der Waals surface area contributed by atoms with E-state index in [1.165, 1.54) is 38.0 Å². The minimum atomic E-state index is -0.904. The Bertz CT molecular complexity index is 716. The number of nitrogens with zero attached hydrogens (tertiary/aromatic N) is 2. The maximum absolute atomic E-state index is 11.6.